The molecule has 0 radical (unpaired) electrons. The number of piperazine rings is 1. The van der Waals surface area contributed by atoms with Crippen LogP contribution in [0.25, 0.3) is 11.1 Å². The summed E-state index contributed by atoms with van der Waals surface area (Å²) >= 11 is 0. The van der Waals surface area contributed by atoms with Gasteiger partial charge in [-0.15, -0.1) is 0 Å². The number of carbonyl (C=O) groups is 1. The number of oxazole rings is 1. The summed E-state index contributed by atoms with van der Waals surface area (Å²) in [6.45, 7) is 2.40. The smallest absolute Gasteiger partial charge is 0.298 e. The molecule has 2 fully saturated rings. The molecule has 1 atom stereocenters. The molecule has 0 bridgehead atoms. The number of carbonyl (C=O) groups excluding carboxylic acids is 1. The molecular formula is C16H19N3O4S. The van der Waals surface area contributed by atoms with Crippen molar-refractivity contribution in [3.63, 3.8) is 0 Å². The molecule has 0 N–H and O–H groups in total. The topological polar surface area (TPSA) is 83.7 Å². The van der Waals surface area contributed by atoms with Gasteiger partial charge in [0.1, 0.15) is 5.52 Å². The van der Waals surface area contributed by atoms with Gasteiger partial charge in [-0.3, -0.25) is 4.79 Å². The molecule has 2 saturated heterocycles. The molecule has 1 amide bonds. The van der Waals surface area contributed by atoms with Crippen LogP contribution in [0.2, 0.25) is 0 Å². The lowest BCUT2D eigenvalue weighted by atomic mass is 10.1. The third-order valence-corrected chi connectivity index (χ3v) is 6.49. The van der Waals surface area contributed by atoms with Crippen molar-refractivity contribution in [2.24, 2.45) is 5.92 Å². The Morgan fingerprint density at radius 3 is 2.58 bits per heavy atom. The molecule has 0 unspecified atom stereocenters. The maximum atomic E-state index is 12.5. The van der Waals surface area contributed by atoms with Gasteiger partial charge in [-0.1, -0.05) is 12.1 Å². The monoisotopic (exact) mass is 349 g/mol. The summed E-state index contributed by atoms with van der Waals surface area (Å²) in [5.41, 5.74) is 1.57. The van der Waals surface area contributed by atoms with E-state index >= 15 is 0 Å². The van der Waals surface area contributed by atoms with Crippen LogP contribution in [-0.2, 0) is 14.6 Å². The quantitative estimate of drug-likeness (QED) is 0.801. The van der Waals surface area contributed by atoms with E-state index in [1.54, 1.807) is 4.90 Å². The minimum Gasteiger partial charge on any atom is -0.423 e. The number of sulfone groups is 1. The van der Waals surface area contributed by atoms with Crippen molar-refractivity contribution in [3.8, 4) is 0 Å². The second-order valence-corrected chi connectivity index (χ2v) is 8.61. The second kappa shape index (κ2) is 5.77. The van der Waals surface area contributed by atoms with Crippen LogP contribution in [0, 0.1) is 5.92 Å². The van der Waals surface area contributed by atoms with E-state index in [2.05, 4.69) is 4.98 Å². The molecule has 0 aliphatic carbocycles. The van der Waals surface area contributed by atoms with E-state index in [-0.39, 0.29) is 23.3 Å². The molecule has 8 heteroatoms. The third kappa shape index (κ3) is 2.86. The van der Waals surface area contributed by atoms with Crippen molar-refractivity contribution in [3.05, 3.63) is 24.3 Å². The lowest BCUT2D eigenvalue weighted by Crippen LogP contribution is -2.50. The third-order valence-electron chi connectivity index (χ3n) is 4.73. The SMILES string of the molecule is O=C([C@@H]1CCS(=O)(=O)C1)N1CCN(c2nc3ccccc3o2)CC1. The van der Waals surface area contributed by atoms with E-state index < -0.39 is 9.84 Å². The highest BCUT2D eigenvalue weighted by molar-refractivity contribution is 7.91. The first-order valence-corrected chi connectivity index (χ1v) is 9.94. The molecule has 1 aromatic heterocycles. The molecule has 7 nitrogen and oxygen atoms in total. The van der Waals surface area contributed by atoms with Crippen LogP contribution >= 0.6 is 0 Å². The number of anilines is 1. The van der Waals surface area contributed by atoms with Crippen LogP contribution in [0.5, 0.6) is 0 Å². The molecule has 0 saturated carbocycles. The lowest BCUT2D eigenvalue weighted by Gasteiger charge is -2.35. The lowest BCUT2D eigenvalue weighted by molar-refractivity contribution is -0.135. The predicted octanol–water partition coefficient (Wildman–Crippen LogP) is 0.911. The fraction of sp³-hybridized carbons (Fsp3) is 0.500. The van der Waals surface area contributed by atoms with Crippen molar-refractivity contribution < 1.29 is 17.6 Å². The van der Waals surface area contributed by atoms with Crippen LogP contribution in [0.1, 0.15) is 6.42 Å². The van der Waals surface area contributed by atoms with Crippen molar-refractivity contribution >= 4 is 32.9 Å². The van der Waals surface area contributed by atoms with Gasteiger partial charge in [0, 0.05) is 26.2 Å². The number of amides is 1. The van der Waals surface area contributed by atoms with Crippen LogP contribution in [0.15, 0.2) is 28.7 Å². The van der Waals surface area contributed by atoms with E-state index in [0.29, 0.717) is 38.6 Å². The molecule has 2 aromatic rings. The number of hydrogen-bond donors (Lipinski definition) is 0. The van der Waals surface area contributed by atoms with Gasteiger partial charge >= 0.3 is 0 Å². The van der Waals surface area contributed by atoms with E-state index in [1.165, 1.54) is 0 Å². The molecule has 2 aliphatic heterocycles. The molecular weight excluding hydrogens is 330 g/mol. The van der Waals surface area contributed by atoms with Gasteiger partial charge in [-0.05, 0) is 18.6 Å². The summed E-state index contributed by atoms with van der Waals surface area (Å²) in [7, 11) is -3.03. The zero-order chi connectivity index (χ0) is 16.7. The highest BCUT2D eigenvalue weighted by Crippen LogP contribution is 2.24. The Morgan fingerprint density at radius 2 is 1.92 bits per heavy atom. The summed E-state index contributed by atoms with van der Waals surface area (Å²) in [5.74, 6) is -0.275. The Balaban J connectivity index is 1.40. The largest absolute Gasteiger partial charge is 0.423 e. The molecule has 4 rings (SSSR count). The van der Waals surface area contributed by atoms with Gasteiger partial charge in [0.05, 0.1) is 17.4 Å². The number of nitrogens with zero attached hydrogens (tertiary/aromatic N) is 3. The van der Waals surface area contributed by atoms with Crippen molar-refractivity contribution in [1.29, 1.82) is 0 Å². The van der Waals surface area contributed by atoms with Crippen LogP contribution < -0.4 is 4.90 Å². The van der Waals surface area contributed by atoms with Gasteiger partial charge in [-0.25, -0.2) is 8.42 Å². The number of benzene rings is 1. The minimum absolute atomic E-state index is 0.00280. The number of aromatic nitrogens is 1. The maximum absolute atomic E-state index is 12.5. The van der Waals surface area contributed by atoms with Crippen LogP contribution in [0.4, 0.5) is 6.01 Å². The molecule has 1 aromatic carbocycles. The fourth-order valence-electron chi connectivity index (χ4n) is 3.36. The van der Waals surface area contributed by atoms with Crippen LogP contribution in [-0.4, -0.2) is 61.9 Å². The zero-order valence-electron chi connectivity index (χ0n) is 13.2. The van der Waals surface area contributed by atoms with Crippen molar-refractivity contribution in [1.82, 2.24) is 9.88 Å². The van der Waals surface area contributed by atoms with E-state index in [1.807, 2.05) is 29.2 Å². The molecule has 0 spiro atoms. The average Bonchev–Trinajstić information content (AvgIpc) is 3.17. The summed E-state index contributed by atoms with van der Waals surface area (Å²) < 4.78 is 28.9. The summed E-state index contributed by atoms with van der Waals surface area (Å²) in [4.78, 5) is 20.7. The number of hydrogen-bond acceptors (Lipinski definition) is 6. The van der Waals surface area contributed by atoms with Gasteiger partial charge in [0.25, 0.3) is 6.01 Å². The van der Waals surface area contributed by atoms with E-state index in [9.17, 15) is 13.2 Å². The second-order valence-electron chi connectivity index (χ2n) is 6.38. The Labute approximate surface area is 140 Å². The number of rotatable bonds is 2. The Morgan fingerprint density at radius 1 is 1.17 bits per heavy atom. The number of para-hydroxylation sites is 2. The molecule has 2 aliphatic rings. The fourth-order valence-corrected chi connectivity index (χ4v) is 5.09. The first kappa shape index (κ1) is 15.4. The van der Waals surface area contributed by atoms with Gasteiger partial charge in [-0.2, -0.15) is 4.98 Å². The number of fused-ring (bicyclic) bond motifs is 1. The summed E-state index contributed by atoms with van der Waals surface area (Å²) in [6.07, 6.45) is 0.451. The maximum Gasteiger partial charge on any atom is 0.298 e. The van der Waals surface area contributed by atoms with Crippen molar-refractivity contribution in [2.45, 2.75) is 6.42 Å². The van der Waals surface area contributed by atoms with Gasteiger partial charge < -0.3 is 14.2 Å². The highest BCUT2D eigenvalue weighted by atomic mass is 32.2. The molecule has 24 heavy (non-hydrogen) atoms. The van der Waals surface area contributed by atoms with E-state index in [4.69, 9.17) is 4.42 Å². The van der Waals surface area contributed by atoms with Gasteiger partial charge in [0.2, 0.25) is 5.91 Å². The van der Waals surface area contributed by atoms with Crippen molar-refractivity contribution in [2.75, 3.05) is 42.6 Å². The first-order valence-electron chi connectivity index (χ1n) is 8.11. The Hall–Kier alpha value is -2.09. The predicted molar refractivity (Wildman–Crippen MR) is 89.6 cm³/mol. The van der Waals surface area contributed by atoms with E-state index in [0.717, 1.165) is 11.1 Å². The van der Waals surface area contributed by atoms with Crippen LogP contribution in [0.3, 0.4) is 0 Å². The minimum atomic E-state index is -3.03. The molecule has 3 heterocycles. The van der Waals surface area contributed by atoms with Gasteiger partial charge in [0.15, 0.2) is 15.4 Å². The summed E-state index contributed by atoms with van der Waals surface area (Å²) in [6, 6.07) is 8.19. The Bertz CT molecular complexity index is 835. The average molecular weight is 349 g/mol. The summed E-state index contributed by atoms with van der Waals surface area (Å²) in [5, 5.41) is 0. The molecule has 128 valence electrons. The first-order chi connectivity index (χ1) is 11.5. The standard InChI is InChI=1S/C16H19N3O4S/c20-15(12-5-10-24(21,22)11-12)18-6-8-19(9-7-18)16-17-13-3-1-2-4-14(13)23-16/h1-4,12H,5-11H2/t12-/m1/s1. The highest BCUT2D eigenvalue weighted by Gasteiger charge is 2.36. The zero-order valence-corrected chi connectivity index (χ0v) is 14.0. The normalized spacial score (nSPS) is 23.8. The Kier molecular flexibility index (Phi) is 3.71.